The van der Waals surface area contributed by atoms with Gasteiger partial charge in [0.15, 0.2) is 0 Å². The van der Waals surface area contributed by atoms with Crippen LogP contribution in [0.4, 0.5) is 0 Å². The van der Waals surface area contributed by atoms with Crippen molar-refractivity contribution in [3.63, 3.8) is 0 Å². The summed E-state index contributed by atoms with van der Waals surface area (Å²) in [6.45, 7) is 3.76. The number of aliphatic imine (C=N–C) groups is 1. The molecule has 0 saturated carbocycles. The summed E-state index contributed by atoms with van der Waals surface area (Å²) in [6.07, 6.45) is 1.77. The molecule has 0 aliphatic heterocycles. The summed E-state index contributed by atoms with van der Waals surface area (Å²) in [4.78, 5) is 5.57. The Morgan fingerprint density at radius 2 is 2.12 bits per heavy atom. The lowest BCUT2D eigenvalue weighted by molar-refractivity contribution is 0.400. The van der Waals surface area contributed by atoms with Crippen molar-refractivity contribution in [3.05, 3.63) is 33.8 Å². The normalized spacial score (nSPS) is 13.1. The third kappa shape index (κ3) is 3.12. The molecule has 1 aromatic carbocycles. The molecule has 1 rings (SSSR count). The minimum absolute atomic E-state index is 0.00157. The summed E-state index contributed by atoms with van der Waals surface area (Å²) in [5, 5.41) is 9.59. The van der Waals surface area contributed by atoms with E-state index < -0.39 is 0 Å². The fraction of sp³-hybridized carbons (Fsp3) is 0.333. The highest BCUT2D eigenvalue weighted by atomic mass is 35.5. The van der Waals surface area contributed by atoms with Gasteiger partial charge in [0.2, 0.25) is 6.19 Å². The Morgan fingerprint density at radius 3 is 2.71 bits per heavy atom. The summed E-state index contributed by atoms with van der Waals surface area (Å²) < 4.78 is 0. The van der Waals surface area contributed by atoms with Crippen molar-refractivity contribution >= 4 is 29.0 Å². The van der Waals surface area contributed by atoms with Gasteiger partial charge in [-0.05, 0) is 25.5 Å². The molecular formula is C12H13Cl2N3. The Balaban J connectivity index is 3.05. The molecule has 0 aliphatic carbocycles. The van der Waals surface area contributed by atoms with Gasteiger partial charge in [0.25, 0.3) is 0 Å². The van der Waals surface area contributed by atoms with Crippen molar-refractivity contribution in [2.75, 3.05) is 7.05 Å². The van der Waals surface area contributed by atoms with Crippen molar-refractivity contribution in [3.8, 4) is 6.19 Å². The minimum atomic E-state index is -0.00157. The molecule has 17 heavy (non-hydrogen) atoms. The second-order valence-electron chi connectivity index (χ2n) is 3.69. The topological polar surface area (TPSA) is 39.4 Å². The number of halogens is 2. The van der Waals surface area contributed by atoms with Crippen LogP contribution in [0.3, 0.4) is 0 Å². The van der Waals surface area contributed by atoms with Crippen molar-refractivity contribution in [2.45, 2.75) is 19.9 Å². The van der Waals surface area contributed by atoms with Gasteiger partial charge < -0.3 is 4.90 Å². The summed E-state index contributed by atoms with van der Waals surface area (Å²) in [7, 11) is 1.86. The molecule has 0 amide bonds. The van der Waals surface area contributed by atoms with Crippen LogP contribution in [0.15, 0.2) is 23.2 Å². The molecule has 0 radical (unpaired) electrons. The van der Waals surface area contributed by atoms with Gasteiger partial charge in [0.1, 0.15) is 5.84 Å². The van der Waals surface area contributed by atoms with Crippen LogP contribution in [0.1, 0.15) is 25.5 Å². The van der Waals surface area contributed by atoms with Gasteiger partial charge in [0.05, 0.1) is 16.1 Å². The second-order valence-corrected chi connectivity index (χ2v) is 4.47. The van der Waals surface area contributed by atoms with Crippen LogP contribution >= 0.6 is 23.2 Å². The monoisotopic (exact) mass is 269 g/mol. The van der Waals surface area contributed by atoms with E-state index in [0.29, 0.717) is 15.9 Å². The fourth-order valence-electron chi connectivity index (χ4n) is 1.48. The van der Waals surface area contributed by atoms with Crippen LogP contribution in [0.5, 0.6) is 0 Å². The zero-order valence-corrected chi connectivity index (χ0v) is 11.4. The molecular weight excluding hydrogens is 257 g/mol. The Hall–Kier alpha value is -1.24. The summed E-state index contributed by atoms with van der Waals surface area (Å²) in [6, 6.07) is 5.51. The van der Waals surface area contributed by atoms with Gasteiger partial charge in [-0.2, -0.15) is 10.3 Å². The summed E-state index contributed by atoms with van der Waals surface area (Å²) >= 11 is 12.1. The Bertz CT molecular complexity index is 477. The van der Waals surface area contributed by atoms with E-state index in [1.807, 2.05) is 31.0 Å². The quantitative estimate of drug-likeness (QED) is 0.464. The Labute approximate surface area is 111 Å². The predicted molar refractivity (Wildman–Crippen MR) is 71.4 cm³/mol. The van der Waals surface area contributed by atoms with Crippen LogP contribution in [0.2, 0.25) is 10.0 Å². The number of hydrogen-bond acceptors (Lipinski definition) is 2. The van der Waals surface area contributed by atoms with E-state index in [-0.39, 0.29) is 6.04 Å². The summed E-state index contributed by atoms with van der Waals surface area (Å²) in [5.74, 6) is 0.635. The number of rotatable bonds is 2. The molecule has 0 fully saturated rings. The first-order chi connectivity index (χ1) is 7.99. The largest absolute Gasteiger partial charge is 0.356 e. The molecule has 0 aliphatic rings. The first-order valence-corrected chi connectivity index (χ1v) is 5.84. The molecule has 1 aromatic rings. The molecule has 0 saturated heterocycles. The molecule has 1 atom stereocenters. The van der Waals surface area contributed by atoms with E-state index in [1.165, 1.54) is 0 Å². The second kappa shape index (κ2) is 5.90. The number of hydrogen-bond donors (Lipinski definition) is 0. The SMILES string of the molecule is CC(=NC#N)N(C)C(C)c1cccc(Cl)c1Cl. The minimum Gasteiger partial charge on any atom is -0.356 e. The van der Waals surface area contributed by atoms with Crippen molar-refractivity contribution in [1.29, 1.82) is 5.26 Å². The lowest BCUT2D eigenvalue weighted by atomic mass is 10.1. The highest BCUT2D eigenvalue weighted by Crippen LogP contribution is 2.32. The Morgan fingerprint density at radius 1 is 1.47 bits per heavy atom. The number of benzene rings is 1. The van der Waals surface area contributed by atoms with Crippen molar-refractivity contribution in [1.82, 2.24) is 4.90 Å². The van der Waals surface area contributed by atoms with Gasteiger partial charge >= 0.3 is 0 Å². The predicted octanol–water partition coefficient (Wildman–Crippen LogP) is 3.89. The highest BCUT2D eigenvalue weighted by Gasteiger charge is 2.17. The molecule has 0 spiro atoms. The Kier molecular flexibility index (Phi) is 4.80. The average Bonchev–Trinajstić information content (AvgIpc) is 2.31. The van der Waals surface area contributed by atoms with E-state index in [2.05, 4.69) is 4.99 Å². The van der Waals surface area contributed by atoms with E-state index in [4.69, 9.17) is 28.5 Å². The molecule has 0 bridgehead atoms. The van der Waals surface area contributed by atoms with Crippen molar-refractivity contribution < 1.29 is 0 Å². The molecule has 3 nitrogen and oxygen atoms in total. The van der Waals surface area contributed by atoms with Gasteiger partial charge in [-0.3, -0.25) is 0 Å². The van der Waals surface area contributed by atoms with Gasteiger partial charge in [-0.25, -0.2) is 0 Å². The highest BCUT2D eigenvalue weighted by molar-refractivity contribution is 6.42. The van der Waals surface area contributed by atoms with Crippen molar-refractivity contribution in [2.24, 2.45) is 4.99 Å². The van der Waals surface area contributed by atoms with Crippen LogP contribution < -0.4 is 0 Å². The van der Waals surface area contributed by atoms with Gasteiger partial charge in [0, 0.05) is 7.05 Å². The molecule has 0 heterocycles. The van der Waals surface area contributed by atoms with Crippen LogP contribution in [0, 0.1) is 11.5 Å². The number of nitrogens with zero attached hydrogens (tertiary/aromatic N) is 3. The van der Waals surface area contributed by atoms with E-state index in [0.717, 1.165) is 5.56 Å². The summed E-state index contributed by atoms with van der Waals surface area (Å²) in [5.41, 5.74) is 0.911. The number of amidine groups is 1. The fourth-order valence-corrected chi connectivity index (χ4v) is 1.95. The van der Waals surface area contributed by atoms with Crippen LogP contribution in [-0.2, 0) is 0 Å². The third-order valence-electron chi connectivity index (χ3n) is 2.73. The third-order valence-corrected chi connectivity index (χ3v) is 3.57. The molecule has 1 unspecified atom stereocenters. The lowest BCUT2D eigenvalue weighted by Crippen LogP contribution is -2.27. The number of nitriles is 1. The zero-order chi connectivity index (χ0) is 13.0. The van der Waals surface area contributed by atoms with E-state index >= 15 is 0 Å². The lowest BCUT2D eigenvalue weighted by Gasteiger charge is -2.27. The van der Waals surface area contributed by atoms with Crippen LogP contribution in [0.25, 0.3) is 0 Å². The standard InChI is InChI=1S/C12H13Cl2N3/c1-8(17(3)9(2)16-7-15)10-5-4-6-11(13)12(10)14/h4-6,8H,1-3H3. The molecule has 90 valence electrons. The van der Waals surface area contributed by atoms with Gasteiger partial charge in [-0.15, -0.1) is 0 Å². The maximum Gasteiger partial charge on any atom is 0.207 e. The average molecular weight is 270 g/mol. The first-order valence-electron chi connectivity index (χ1n) is 5.09. The molecule has 5 heteroatoms. The van der Waals surface area contributed by atoms with E-state index in [1.54, 1.807) is 19.2 Å². The van der Waals surface area contributed by atoms with Crippen LogP contribution in [-0.4, -0.2) is 17.8 Å². The van der Waals surface area contributed by atoms with Gasteiger partial charge in [-0.1, -0.05) is 35.3 Å². The van der Waals surface area contributed by atoms with E-state index in [9.17, 15) is 0 Å². The molecule has 0 N–H and O–H groups in total. The maximum absolute atomic E-state index is 8.53. The molecule has 0 aromatic heterocycles. The smallest absolute Gasteiger partial charge is 0.207 e. The zero-order valence-electron chi connectivity index (χ0n) is 9.91. The maximum atomic E-state index is 8.53. The first kappa shape index (κ1) is 13.8.